The van der Waals surface area contributed by atoms with Gasteiger partial charge in [-0.15, -0.1) is 0 Å². The van der Waals surface area contributed by atoms with E-state index in [0.717, 1.165) is 98.6 Å². The molecule has 0 unspecified atom stereocenters. The number of hydrogen-bond donors (Lipinski definition) is 1. The monoisotopic (exact) mass is 1050 g/mol. The van der Waals surface area contributed by atoms with E-state index in [-0.39, 0.29) is 7.43 Å². The fourth-order valence-corrected chi connectivity index (χ4v) is 10.0. The topological polar surface area (TPSA) is 122 Å². The van der Waals surface area contributed by atoms with Crippen LogP contribution in [0.4, 0.5) is 45.5 Å². The normalized spacial score (nSPS) is 10.7. The minimum atomic E-state index is 0. The number of para-hydroxylation sites is 6. The molecule has 8 aromatic carbocycles. The van der Waals surface area contributed by atoms with Gasteiger partial charge in [-0.05, 0) is 105 Å². The molecule has 68 heavy (non-hydrogen) atoms. The van der Waals surface area contributed by atoms with Gasteiger partial charge in [-0.2, -0.15) is 17.5 Å². The van der Waals surface area contributed by atoms with Crippen molar-refractivity contribution in [2.45, 2.75) is 7.43 Å². The zero-order valence-corrected chi connectivity index (χ0v) is 40.0. The Balaban J connectivity index is 0.000000162. The van der Waals surface area contributed by atoms with Crippen LogP contribution < -0.4 is 15.1 Å². The van der Waals surface area contributed by atoms with Crippen molar-refractivity contribution in [2.75, 3.05) is 15.1 Å². The fourth-order valence-electron chi connectivity index (χ4n) is 7.52. The summed E-state index contributed by atoms with van der Waals surface area (Å²) in [7, 11) is 0. The average molecular weight is 1050 g/mol. The summed E-state index contributed by atoms with van der Waals surface area (Å²) in [5.41, 5.74) is 14.2. The first-order chi connectivity index (χ1) is 33.1. The maximum atomic E-state index is 4.92. The third kappa shape index (κ3) is 9.50. The number of nitrogens with zero attached hydrogens (tertiary/aromatic N) is 10. The number of nitrogens with one attached hydrogen (secondary N) is 1. The van der Waals surface area contributed by atoms with Crippen LogP contribution >= 0.6 is 55.3 Å². The van der Waals surface area contributed by atoms with E-state index in [1.165, 1.54) is 23.5 Å². The predicted octanol–water partition coefficient (Wildman–Crippen LogP) is 15.8. The summed E-state index contributed by atoms with van der Waals surface area (Å²) < 4.78 is 19.9. The Hall–Kier alpha value is -7.56. The molecule has 11 nitrogen and oxygen atoms in total. The second kappa shape index (κ2) is 21.4. The van der Waals surface area contributed by atoms with Crippen LogP contribution in [0.3, 0.4) is 0 Å². The Morgan fingerprint density at radius 1 is 0.324 bits per heavy atom. The zero-order chi connectivity index (χ0) is 45.4. The minimum Gasteiger partial charge on any atom is -0.356 e. The number of aromatic nitrogens is 8. The molecular weight excluding hydrogens is 1010 g/mol. The van der Waals surface area contributed by atoms with Gasteiger partial charge in [0.1, 0.15) is 55.5 Å². The molecule has 4 heterocycles. The fraction of sp³-hybridized carbons (Fsp3) is 0.0189. The first-order valence-corrected chi connectivity index (χ1v) is 23.9. The lowest BCUT2D eigenvalue weighted by atomic mass is 10.1. The largest absolute Gasteiger partial charge is 0.356 e. The smallest absolute Gasteiger partial charge is 0.133 e. The Kier molecular flexibility index (Phi) is 14.3. The third-order valence-corrected chi connectivity index (χ3v) is 13.0. The molecule has 0 saturated carbocycles. The van der Waals surface area contributed by atoms with Crippen molar-refractivity contribution in [2.24, 2.45) is 0 Å². The van der Waals surface area contributed by atoms with E-state index in [9.17, 15) is 0 Å². The highest BCUT2D eigenvalue weighted by molar-refractivity contribution is 9.11. The van der Waals surface area contributed by atoms with E-state index in [1.807, 2.05) is 133 Å². The second-order valence-corrected chi connectivity index (χ2v) is 17.3. The average Bonchev–Trinajstić information content (AvgIpc) is 4.11. The summed E-state index contributed by atoms with van der Waals surface area (Å²) in [6, 6.07) is 61.4. The summed E-state index contributed by atoms with van der Waals surface area (Å²) >= 11 is 9.33. The molecule has 12 rings (SSSR count). The highest BCUT2D eigenvalue weighted by Crippen LogP contribution is 2.49. The van der Waals surface area contributed by atoms with E-state index < -0.39 is 0 Å². The summed E-state index contributed by atoms with van der Waals surface area (Å²) in [5.74, 6) is 0. The van der Waals surface area contributed by atoms with Crippen molar-refractivity contribution in [3.63, 3.8) is 0 Å². The van der Waals surface area contributed by atoms with Crippen LogP contribution in [-0.2, 0) is 0 Å². The molecule has 0 atom stereocenters. The number of anilines is 8. The lowest BCUT2D eigenvalue weighted by Gasteiger charge is -2.29. The SMILES string of the molecule is Brc1c2nccnc2c(Br)c2nsnc12.C.c1ccc(N(c2ccccc2)c2c3nccnc3c(N(c3ccccc3)c3ccccc3)c3nsnc23)cc1.c1ccc(Nc2ccccc2)cc1. The van der Waals surface area contributed by atoms with Gasteiger partial charge in [0.15, 0.2) is 0 Å². The maximum Gasteiger partial charge on any atom is 0.133 e. The van der Waals surface area contributed by atoms with Gasteiger partial charge in [-0.1, -0.05) is 117 Å². The molecule has 0 aliphatic rings. The highest BCUT2D eigenvalue weighted by atomic mass is 79.9. The molecule has 4 aromatic heterocycles. The van der Waals surface area contributed by atoms with Crippen LogP contribution in [0.5, 0.6) is 0 Å². The maximum absolute atomic E-state index is 4.92. The van der Waals surface area contributed by atoms with Crippen molar-refractivity contribution >= 4 is 145 Å². The van der Waals surface area contributed by atoms with E-state index in [1.54, 1.807) is 24.8 Å². The predicted molar refractivity (Wildman–Crippen MR) is 289 cm³/mol. The Bertz CT molecular complexity index is 3230. The zero-order valence-electron chi connectivity index (χ0n) is 35.2. The number of halogens is 2. The van der Waals surface area contributed by atoms with Crippen molar-refractivity contribution in [1.82, 2.24) is 37.4 Å². The summed E-state index contributed by atoms with van der Waals surface area (Å²) in [6.45, 7) is 0. The van der Waals surface area contributed by atoms with E-state index in [2.05, 4.69) is 114 Å². The van der Waals surface area contributed by atoms with Crippen LogP contribution in [0.2, 0.25) is 0 Å². The summed E-state index contributed by atoms with van der Waals surface area (Å²) in [6.07, 6.45) is 6.80. The molecule has 332 valence electrons. The van der Waals surface area contributed by atoms with Crippen LogP contribution in [0.25, 0.3) is 44.1 Å². The second-order valence-electron chi connectivity index (χ2n) is 14.6. The van der Waals surface area contributed by atoms with Gasteiger partial charge < -0.3 is 15.1 Å². The molecule has 0 fully saturated rings. The Morgan fingerprint density at radius 2 is 0.588 bits per heavy atom. The molecule has 0 spiro atoms. The van der Waals surface area contributed by atoms with Gasteiger partial charge in [-0.3, -0.25) is 19.9 Å². The number of hydrogen-bond acceptors (Lipinski definition) is 13. The van der Waals surface area contributed by atoms with Crippen molar-refractivity contribution < 1.29 is 0 Å². The van der Waals surface area contributed by atoms with E-state index in [0.29, 0.717) is 0 Å². The Labute approximate surface area is 417 Å². The van der Waals surface area contributed by atoms with Gasteiger partial charge >= 0.3 is 0 Å². The van der Waals surface area contributed by atoms with E-state index >= 15 is 0 Å². The minimum absolute atomic E-state index is 0. The molecule has 0 aliphatic heterocycles. The molecule has 0 amide bonds. The molecule has 15 heteroatoms. The quantitative estimate of drug-likeness (QED) is 0.146. The van der Waals surface area contributed by atoms with Gasteiger partial charge in [-0.25, -0.2) is 0 Å². The van der Waals surface area contributed by atoms with Crippen LogP contribution in [0.1, 0.15) is 7.43 Å². The van der Waals surface area contributed by atoms with E-state index in [4.69, 9.17) is 18.7 Å². The summed E-state index contributed by atoms with van der Waals surface area (Å²) in [5, 5.41) is 3.30. The number of rotatable bonds is 8. The highest BCUT2D eigenvalue weighted by Gasteiger charge is 2.29. The molecule has 1 N–H and O–H groups in total. The van der Waals surface area contributed by atoms with Gasteiger partial charge in [0, 0.05) is 58.9 Å². The lowest BCUT2D eigenvalue weighted by molar-refractivity contribution is 1.23. The van der Waals surface area contributed by atoms with Crippen molar-refractivity contribution in [3.8, 4) is 0 Å². The standard InChI is InChI=1S/C32H22N6S.C12H11N.C8H2Br2N4S.CH4/c1-5-13-23(14-6-1)37(24-15-7-2-8-16-24)31-27-28(34-22-21-33-27)32(30-29(31)35-39-36-30)38(25-17-9-3-10-18-25)26-19-11-4-12-20-26;1-3-7-11(8-4-1)13-12-9-5-2-6-10-12;9-3-5-6(12-2-1-11-5)4(10)8-7(3)13-15-14-8;/h1-22H;1-10,13H;1-2H;1H4. The third-order valence-electron chi connectivity index (χ3n) is 10.4. The lowest BCUT2D eigenvalue weighted by Crippen LogP contribution is -2.15. The molecule has 0 aliphatic carbocycles. The Morgan fingerprint density at radius 3 is 0.897 bits per heavy atom. The van der Waals surface area contributed by atoms with Crippen molar-refractivity contribution in [1.29, 1.82) is 0 Å². The van der Waals surface area contributed by atoms with Crippen LogP contribution in [0.15, 0.2) is 216 Å². The summed E-state index contributed by atoms with van der Waals surface area (Å²) in [4.78, 5) is 22.8. The van der Waals surface area contributed by atoms with Gasteiger partial charge in [0.2, 0.25) is 0 Å². The first-order valence-electron chi connectivity index (χ1n) is 20.9. The van der Waals surface area contributed by atoms with Gasteiger partial charge in [0.25, 0.3) is 0 Å². The van der Waals surface area contributed by atoms with Gasteiger partial charge in [0.05, 0.1) is 32.4 Å². The molecule has 0 saturated heterocycles. The number of fused-ring (bicyclic) bond motifs is 4. The molecule has 0 radical (unpaired) electrons. The number of benzene rings is 8. The molecule has 0 bridgehead atoms. The van der Waals surface area contributed by atoms with Crippen molar-refractivity contribution in [3.05, 3.63) is 216 Å². The molecular formula is C53H39Br2N11S2. The molecule has 12 aromatic rings. The van der Waals surface area contributed by atoms with Crippen LogP contribution in [-0.4, -0.2) is 37.4 Å². The van der Waals surface area contributed by atoms with Crippen LogP contribution in [0, 0.1) is 0 Å². The first kappa shape index (κ1) is 45.6.